The van der Waals surface area contributed by atoms with Crippen molar-refractivity contribution in [1.29, 1.82) is 0 Å². The number of hydrogen-bond acceptors (Lipinski definition) is 3. The standard InChI is InChI=1S/C18H37ClNO2.CH4O/c1-20(2,3)16-14-12-10-8-6-4-5-7-9-11-13-15-18(21)22-17-19;1-2/h4-17H2,1-3H3;2H,1H3/q+1;. The SMILES string of the molecule is CO.C[N+](C)(C)CCCCCCCCCCCCCC(=O)OCCl. The molecule has 0 aromatic carbocycles. The number of unbranched alkanes of at least 4 members (excludes halogenated alkanes) is 10. The molecular weight excluding hydrogens is 326 g/mol. The molecule has 5 heteroatoms. The number of rotatable bonds is 15. The summed E-state index contributed by atoms with van der Waals surface area (Å²) in [5, 5.41) is 7.00. The third-order valence-corrected chi connectivity index (χ3v) is 4.03. The summed E-state index contributed by atoms with van der Waals surface area (Å²) in [5.74, 6) is -0.166. The van der Waals surface area contributed by atoms with Gasteiger partial charge in [0.05, 0.1) is 27.7 Å². The first-order chi connectivity index (χ1) is 11.5. The molecule has 0 saturated heterocycles. The van der Waals surface area contributed by atoms with E-state index in [0.717, 1.165) is 24.4 Å². The second kappa shape index (κ2) is 19.0. The van der Waals surface area contributed by atoms with Crippen molar-refractivity contribution in [1.82, 2.24) is 0 Å². The van der Waals surface area contributed by atoms with E-state index in [1.165, 1.54) is 64.3 Å². The molecule has 0 amide bonds. The molecule has 0 atom stereocenters. The largest absolute Gasteiger partial charge is 0.449 e. The van der Waals surface area contributed by atoms with Crippen molar-refractivity contribution in [3.63, 3.8) is 0 Å². The lowest BCUT2D eigenvalue weighted by molar-refractivity contribution is -0.870. The number of aliphatic hydroxyl groups is 1. The van der Waals surface area contributed by atoms with Gasteiger partial charge in [0.2, 0.25) is 0 Å². The van der Waals surface area contributed by atoms with Crippen LogP contribution in [0.15, 0.2) is 0 Å². The van der Waals surface area contributed by atoms with E-state index in [2.05, 4.69) is 25.9 Å². The molecule has 0 aromatic heterocycles. The van der Waals surface area contributed by atoms with Crippen LogP contribution in [0.4, 0.5) is 0 Å². The van der Waals surface area contributed by atoms with E-state index >= 15 is 0 Å². The average molecular weight is 367 g/mol. The number of carbonyl (C=O) groups is 1. The highest BCUT2D eigenvalue weighted by molar-refractivity contribution is 6.17. The minimum Gasteiger partial charge on any atom is -0.449 e. The van der Waals surface area contributed by atoms with Gasteiger partial charge in [-0.2, -0.15) is 0 Å². The summed E-state index contributed by atoms with van der Waals surface area (Å²) < 4.78 is 5.77. The van der Waals surface area contributed by atoms with Crippen LogP contribution in [0.2, 0.25) is 0 Å². The highest BCUT2D eigenvalue weighted by atomic mass is 35.5. The normalized spacial score (nSPS) is 10.9. The Balaban J connectivity index is 0. The summed E-state index contributed by atoms with van der Waals surface area (Å²) in [7, 11) is 7.79. The maximum atomic E-state index is 11.1. The summed E-state index contributed by atoms with van der Waals surface area (Å²) in [5.41, 5.74) is 0. The molecule has 24 heavy (non-hydrogen) atoms. The van der Waals surface area contributed by atoms with Gasteiger partial charge in [0.15, 0.2) is 6.07 Å². The van der Waals surface area contributed by atoms with Gasteiger partial charge in [-0.25, -0.2) is 0 Å². The Kier molecular flexibility index (Phi) is 20.5. The number of esters is 1. The lowest BCUT2D eigenvalue weighted by Crippen LogP contribution is -2.35. The number of carbonyl (C=O) groups excluding carboxylic acids is 1. The van der Waals surface area contributed by atoms with E-state index in [-0.39, 0.29) is 12.0 Å². The number of alkyl halides is 1. The molecule has 0 rings (SSSR count). The van der Waals surface area contributed by atoms with Crippen LogP contribution < -0.4 is 0 Å². The Morgan fingerprint density at radius 1 is 0.792 bits per heavy atom. The summed E-state index contributed by atoms with van der Waals surface area (Å²) in [6, 6.07) is -0.0197. The molecule has 0 bridgehead atoms. The van der Waals surface area contributed by atoms with E-state index in [1.54, 1.807) is 0 Å². The van der Waals surface area contributed by atoms with E-state index in [1.807, 2.05) is 0 Å². The molecule has 0 aliphatic rings. The van der Waals surface area contributed by atoms with E-state index in [0.29, 0.717) is 6.42 Å². The molecule has 0 fully saturated rings. The third kappa shape index (κ3) is 23.9. The van der Waals surface area contributed by atoms with Crippen LogP contribution in [-0.2, 0) is 9.53 Å². The quantitative estimate of drug-likeness (QED) is 0.197. The van der Waals surface area contributed by atoms with Crippen molar-refractivity contribution in [2.75, 3.05) is 40.9 Å². The second-order valence-corrected chi connectivity index (χ2v) is 7.50. The second-order valence-electron chi connectivity index (χ2n) is 7.28. The first kappa shape index (κ1) is 25.9. The zero-order chi connectivity index (χ0) is 18.7. The first-order valence-corrected chi connectivity index (χ1v) is 9.96. The minimum absolute atomic E-state index is 0.0197. The van der Waals surface area contributed by atoms with E-state index < -0.39 is 0 Å². The van der Waals surface area contributed by atoms with Crippen LogP contribution >= 0.6 is 11.6 Å². The summed E-state index contributed by atoms with van der Waals surface area (Å²) >= 11 is 5.32. The maximum Gasteiger partial charge on any atom is 0.306 e. The molecule has 1 N–H and O–H groups in total. The molecule has 0 heterocycles. The topological polar surface area (TPSA) is 46.5 Å². The molecule has 0 aliphatic heterocycles. The van der Waals surface area contributed by atoms with Crippen molar-refractivity contribution in [2.24, 2.45) is 0 Å². The predicted molar refractivity (Wildman–Crippen MR) is 103 cm³/mol. The van der Waals surface area contributed by atoms with E-state index in [9.17, 15) is 4.79 Å². The molecule has 0 radical (unpaired) electrons. The summed E-state index contributed by atoms with van der Waals surface area (Å²) in [6.45, 7) is 1.29. The van der Waals surface area contributed by atoms with Crippen molar-refractivity contribution >= 4 is 17.6 Å². The van der Waals surface area contributed by atoms with Crippen LogP contribution in [0.5, 0.6) is 0 Å². The fraction of sp³-hybridized carbons (Fsp3) is 0.947. The lowest BCUT2D eigenvalue weighted by atomic mass is 10.1. The van der Waals surface area contributed by atoms with Crippen molar-refractivity contribution in [2.45, 2.75) is 77.0 Å². The first-order valence-electron chi connectivity index (χ1n) is 9.42. The Labute approximate surface area is 155 Å². The van der Waals surface area contributed by atoms with E-state index in [4.69, 9.17) is 16.7 Å². The van der Waals surface area contributed by atoms with Gasteiger partial charge in [-0.05, 0) is 19.3 Å². The van der Waals surface area contributed by atoms with Gasteiger partial charge >= 0.3 is 5.97 Å². The Morgan fingerprint density at radius 2 is 1.17 bits per heavy atom. The number of nitrogens with zero attached hydrogens (tertiary/aromatic N) is 1. The van der Waals surface area contributed by atoms with Crippen molar-refractivity contribution in [3.05, 3.63) is 0 Å². The van der Waals surface area contributed by atoms with Crippen LogP contribution in [-0.4, -0.2) is 56.4 Å². The van der Waals surface area contributed by atoms with Crippen molar-refractivity contribution < 1.29 is 19.1 Å². The molecule has 0 spiro atoms. The zero-order valence-corrected chi connectivity index (χ0v) is 17.2. The monoisotopic (exact) mass is 366 g/mol. The number of aliphatic hydroxyl groups excluding tert-OH is 1. The Bertz CT molecular complexity index is 268. The number of ether oxygens (including phenoxy) is 1. The molecule has 146 valence electrons. The van der Waals surface area contributed by atoms with Crippen LogP contribution in [0.1, 0.15) is 77.0 Å². The van der Waals surface area contributed by atoms with Gasteiger partial charge in [-0.1, -0.05) is 63.0 Å². The predicted octanol–water partition coefficient (Wildman–Crippen LogP) is 4.72. The zero-order valence-electron chi connectivity index (χ0n) is 16.5. The fourth-order valence-corrected chi connectivity index (χ4v) is 2.70. The molecule has 4 nitrogen and oxygen atoms in total. The minimum atomic E-state index is -0.166. The van der Waals surface area contributed by atoms with Crippen LogP contribution in [0.25, 0.3) is 0 Å². The molecule has 0 saturated carbocycles. The number of hydrogen-bond donors (Lipinski definition) is 1. The average Bonchev–Trinajstić information content (AvgIpc) is 2.53. The van der Waals surface area contributed by atoms with Crippen LogP contribution in [0, 0.1) is 0 Å². The molecular formula is C19H41ClNO3+. The van der Waals surface area contributed by atoms with Crippen LogP contribution in [0.3, 0.4) is 0 Å². The molecule has 0 aromatic rings. The Morgan fingerprint density at radius 3 is 1.54 bits per heavy atom. The van der Waals surface area contributed by atoms with Gasteiger partial charge in [-0.3, -0.25) is 4.79 Å². The van der Waals surface area contributed by atoms with Gasteiger partial charge in [-0.15, -0.1) is 0 Å². The Hall–Kier alpha value is -0.320. The molecule has 0 unspecified atom stereocenters. The smallest absolute Gasteiger partial charge is 0.306 e. The fourth-order valence-electron chi connectivity index (χ4n) is 2.58. The number of quaternary nitrogens is 1. The van der Waals surface area contributed by atoms with Gasteiger partial charge in [0.25, 0.3) is 0 Å². The highest BCUT2D eigenvalue weighted by Crippen LogP contribution is 2.12. The number of halogens is 1. The van der Waals surface area contributed by atoms with Crippen molar-refractivity contribution in [3.8, 4) is 0 Å². The van der Waals surface area contributed by atoms with Gasteiger partial charge in [0, 0.05) is 13.5 Å². The summed E-state index contributed by atoms with van der Waals surface area (Å²) in [4.78, 5) is 11.1. The maximum absolute atomic E-state index is 11.1. The molecule has 0 aliphatic carbocycles. The highest BCUT2D eigenvalue weighted by Gasteiger charge is 2.05. The van der Waals surface area contributed by atoms with Gasteiger partial charge < -0.3 is 14.3 Å². The lowest BCUT2D eigenvalue weighted by Gasteiger charge is -2.23. The summed E-state index contributed by atoms with van der Waals surface area (Å²) in [6.07, 6.45) is 14.7. The van der Waals surface area contributed by atoms with Gasteiger partial charge in [0.1, 0.15) is 0 Å². The third-order valence-electron chi connectivity index (χ3n) is 3.93.